The lowest BCUT2D eigenvalue weighted by Gasteiger charge is -2.25. The van der Waals surface area contributed by atoms with Crippen LogP contribution in [0.15, 0.2) is 36.7 Å². The van der Waals surface area contributed by atoms with Gasteiger partial charge >= 0.3 is 0 Å². The van der Waals surface area contributed by atoms with E-state index in [2.05, 4.69) is 59.7 Å². The van der Waals surface area contributed by atoms with Crippen LogP contribution in [0.5, 0.6) is 0 Å². The molecule has 1 aromatic carbocycles. The van der Waals surface area contributed by atoms with Gasteiger partial charge in [-0.3, -0.25) is 4.68 Å². The summed E-state index contributed by atoms with van der Waals surface area (Å²) >= 11 is 0. The number of anilines is 1. The molecule has 0 saturated heterocycles. The van der Waals surface area contributed by atoms with Crippen LogP contribution in [0.2, 0.25) is 0 Å². The van der Waals surface area contributed by atoms with Gasteiger partial charge in [0, 0.05) is 44.1 Å². The standard InChI is InChI=1S/C16H24N4/c1-5-15(17-2)14-8-6-7-9-16(14)19(3)11-13-10-18-20(4)12-13/h6-10,12,15,17H,5,11H2,1-4H3. The molecule has 2 rings (SSSR count). The van der Waals surface area contributed by atoms with E-state index in [4.69, 9.17) is 0 Å². The van der Waals surface area contributed by atoms with Crippen molar-refractivity contribution in [3.05, 3.63) is 47.8 Å². The van der Waals surface area contributed by atoms with Crippen molar-refractivity contribution in [3.63, 3.8) is 0 Å². The lowest BCUT2D eigenvalue weighted by Crippen LogP contribution is -2.22. The molecule has 0 radical (unpaired) electrons. The van der Waals surface area contributed by atoms with Gasteiger partial charge in [0.15, 0.2) is 0 Å². The van der Waals surface area contributed by atoms with E-state index in [1.54, 1.807) is 0 Å². The van der Waals surface area contributed by atoms with Crippen LogP contribution in [0.1, 0.15) is 30.5 Å². The van der Waals surface area contributed by atoms with E-state index >= 15 is 0 Å². The molecular formula is C16H24N4. The largest absolute Gasteiger partial charge is 0.370 e. The van der Waals surface area contributed by atoms with E-state index in [0.717, 1.165) is 13.0 Å². The summed E-state index contributed by atoms with van der Waals surface area (Å²) in [6.07, 6.45) is 5.07. The molecule has 1 N–H and O–H groups in total. The quantitative estimate of drug-likeness (QED) is 0.877. The summed E-state index contributed by atoms with van der Waals surface area (Å²) in [6, 6.07) is 8.99. The molecule has 1 unspecified atom stereocenters. The van der Waals surface area contributed by atoms with Crippen molar-refractivity contribution in [3.8, 4) is 0 Å². The number of aryl methyl sites for hydroxylation is 1. The van der Waals surface area contributed by atoms with Crippen LogP contribution >= 0.6 is 0 Å². The maximum absolute atomic E-state index is 4.23. The van der Waals surface area contributed by atoms with Gasteiger partial charge in [-0.2, -0.15) is 5.10 Å². The lowest BCUT2D eigenvalue weighted by atomic mass is 10.0. The van der Waals surface area contributed by atoms with E-state index in [0.29, 0.717) is 6.04 Å². The fourth-order valence-electron chi connectivity index (χ4n) is 2.62. The summed E-state index contributed by atoms with van der Waals surface area (Å²) in [5, 5.41) is 7.62. The number of aromatic nitrogens is 2. The molecule has 1 heterocycles. The highest BCUT2D eigenvalue weighted by molar-refractivity contribution is 5.54. The summed E-state index contributed by atoms with van der Waals surface area (Å²) in [6.45, 7) is 3.07. The number of nitrogens with one attached hydrogen (secondary N) is 1. The van der Waals surface area contributed by atoms with Gasteiger partial charge in [0.2, 0.25) is 0 Å². The third-order valence-corrected chi connectivity index (χ3v) is 3.66. The van der Waals surface area contributed by atoms with Gasteiger partial charge in [0.05, 0.1) is 6.20 Å². The third-order valence-electron chi connectivity index (χ3n) is 3.66. The normalized spacial score (nSPS) is 12.4. The minimum Gasteiger partial charge on any atom is -0.370 e. The molecule has 0 aliphatic carbocycles. The van der Waals surface area contributed by atoms with Crippen LogP contribution in [0, 0.1) is 0 Å². The predicted molar refractivity (Wildman–Crippen MR) is 83.8 cm³/mol. The molecule has 1 aromatic heterocycles. The topological polar surface area (TPSA) is 33.1 Å². The predicted octanol–water partition coefficient (Wildman–Crippen LogP) is 2.73. The summed E-state index contributed by atoms with van der Waals surface area (Å²) in [5.74, 6) is 0. The van der Waals surface area contributed by atoms with Gasteiger partial charge in [-0.1, -0.05) is 25.1 Å². The Bertz CT molecular complexity index is 543. The van der Waals surface area contributed by atoms with Gasteiger partial charge in [-0.15, -0.1) is 0 Å². The van der Waals surface area contributed by atoms with Crippen molar-refractivity contribution >= 4 is 5.69 Å². The lowest BCUT2D eigenvalue weighted by molar-refractivity contribution is 0.575. The molecule has 2 aromatic rings. The zero-order valence-corrected chi connectivity index (χ0v) is 12.8. The second-order valence-corrected chi connectivity index (χ2v) is 5.19. The summed E-state index contributed by atoms with van der Waals surface area (Å²) < 4.78 is 1.84. The summed E-state index contributed by atoms with van der Waals surface area (Å²) in [7, 11) is 6.10. The van der Waals surface area contributed by atoms with Crippen LogP contribution in [0.3, 0.4) is 0 Å². The van der Waals surface area contributed by atoms with Crippen LogP contribution in [-0.4, -0.2) is 23.9 Å². The molecule has 20 heavy (non-hydrogen) atoms. The Morgan fingerprint density at radius 2 is 2.10 bits per heavy atom. The molecule has 0 fully saturated rings. The number of hydrogen-bond acceptors (Lipinski definition) is 3. The Balaban J connectivity index is 2.23. The maximum Gasteiger partial charge on any atom is 0.0539 e. The van der Waals surface area contributed by atoms with Crippen molar-refractivity contribution in [1.82, 2.24) is 15.1 Å². The molecule has 1 atom stereocenters. The highest BCUT2D eigenvalue weighted by Gasteiger charge is 2.14. The molecule has 0 amide bonds. The van der Waals surface area contributed by atoms with Gasteiger partial charge in [-0.05, 0) is 25.1 Å². The molecule has 0 aliphatic rings. The van der Waals surface area contributed by atoms with E-state index in [1.807, 2.05) is 25.0 Å². The molecule has 0 spiro atoms. The first-order chi connectivity index (χ1) is 9.65. The van der Waals surface area contributed by atoms with Gasteiger partial charge < -0.3 is 10.2 Å². The van der Waals surface area contributed by atoms with Crippen molar-refractivity contribution in [2.45, 2.75) is 25.9 Å². The molecule has 4 nitrogen and oxygen atoms in total. The minimum absolute atomic E-state index is 0.391. The Hall–Kier alpha value is -1.81. The van der Waals surface area contributed by atoms with Crippen LogP contribution < -0.4 is 10.2 Å². The monoisotopic (exact) mass is 272 g/mol. The molecule has 0 saturated carbocycles. The Morgan fingerprint density at radius 1 is 1.35 bits per heavy atom. The van der Waals surface area contributed by atoms with Crippen molar-refractivity contribution in [1.29, 1.82) is 0 Å². The molecule has 4 heteroatoms. The van der Waals surface area contributed by atoms with E-state index in [-0.39, 0.29) is 0 Å². The SMILES string of the molecule is CCC(NC)c1ccccc1N(C)Cc1cnn(C)c1. The highest BCUT2D eigenvalue weighted by Crippen LogP contribution is 2.28. The first kappa shape index (κ1) is 14.6. The minimum atomic E-state index is 0.391. The first-order valence-electron chi connectivity index (χ1n) is 7.10. The number of para-hydroxylation sites is 1. The molecule has 108 valence electrons. The van der Waals surface area contributed by atoms with Crippen LogP contribution in [-0.2, 0) is 13.6 Å². The number of hydrogen-bond donors (Lipinski definition) is 1. The molecule has 0 aliphatic heterocycles. The molecular weight excluding hydrogens is 248 g/mol. The van der Waals surface area contributed by atoms with Crippen molar-refractivity contribution in [2.75, 3.05) is 19.0 Å². The summed E-state index contributed by atoms with van der Waals surface area (Å²) in [5.41, 5.74) is 3.85. The van der Waals surface area contributed by atoms with Gasteiger partial charge in [0.25, 0.3) is 0 Å². The second kappa shape index (κ2) is 6.57. The van der Waals surface area contributed by atoms with Crippen molar-refractivity contribution < 1.29 is 0 Å². The fourth-order valence-corrected chi connectivity index (χ4v) is 2.62. The second-order valence-electron chi connectivity index (χ2n) is 5.19. The van der Waals surface area contributed by atoms with E-state index < -0.39 is 0 Å². The van der Waals surface area contributed by atoms with Crippen LogP contribution in [0.4, 0.5) is 5.69 Å². The zero-order chi connectivity index (χ0) is 14.5. The molecule has 0 bridgehead atoms. The van der Waals surface area contributed by atoms with E-state index in [1.165, 1.54) is 16.8 Å². The Kier molecular flexibility index (Phi) is 4.79. The van der Waals surface area contributed by atoms with Gasteiger partial charge in [-0.25, -0.2) is 0 Å². The average Bonchev–Trinajstić information content (AvgIpc) is 2.86. The van der Waals surface area contributed by atoms with Gasteiger partial charge in [0.1, 0.15) is 0 Å². The first-order valence-corrected chi connectivity index (χ1v) is 7.10. The number of nitrogens with zero attached hydrogens (tertiary/aromatic N) is 3. The third kappa shape index (κ3) is 3.20. The Morgan fingerprint density at radius 3 is 2.70 bits per heavy atom. The average molecular weight is 272 g/mol. The summed E-state index contributed by atoms with van der Waals surface area (Å²) in [4.78, 5) is 2.28. The van der Waals surface area contributed by atoms with Crippen molar-refractivity contribution in [2.24, 2.45) is 7.05 Å². The highest BCUT2D eigenvalue weighted by atomic mass is 15.2. The zero-order valence-electron chi connectivity index (χ0n) is 12.8. The van der Waals surface area contributed by atoms with E-state index in [9.17, 15) is 0 Å². The van der Waals surface area contributed by atoms with Crippen LogP contribution in [0.25, 0.3) is 0 Å². The smallest absolute Gasteiger partial charge is 0.0539 e. The Labute approximate surface area is 121 Å². The fraction of sp³-hybridized carbons (Fsp3) is 0.438. The number of rotatable bonds is 6. The maximum atomic E-state index is 4.23. The number of benzene rings is 1.